The summed E-state index contributed by atoms with van der Waals surface area (Å²) in [4.78, 5) is 10.8. The molecule has 1 rings (SSSR count). The predicted molar refractivity (Wildman–Crippen MR) is 42.4 cm³/mol. The van der Waals surface area contributed by atoms with Crippen molar-refractivity contribution in [1.82, 2.24) is 5.32 Å². The molecule has 0 spiro atoms. The highest BCUT2D eigenvalue weighted by molar-refractivity contribution is 5.74. The molecule has 1 atom stereocenters. The number of hydrogen-bond acceptors (Lipinski definition) is 2. The van der Waals surface area contributed by atoms with Gasteiger partial charge in [-0.05, 0) is 33.2 Å². The maximum atomic E-state index is 10.8. The van der Waals surface area contributed by atoms with E-state index >= 15 is 0 Å². The van der Waals surface area contributed by atoms with E-state index in [9.17, 15) is 4.79 Å². The first kappa shape index (κ1) is 8.53. The van der Waals surface area contributed by atoms with Gasteiger partial charge in [-0.2, -0.15) is 0 Å². The van der Waals surface area contributed by atoms with Gasteiger partial charge in [0.25, 0.3) is 0 Å². The Morgan fingerprint density at radius 3 is 2.64 bits per heavy atom. The van der Waals surface area contributed by atoms with Gasteiger partial charge in [-0.25, -0.2) is 0 Å². The van der Waals surface area contributed by atoms with Gasteiger partial charge in [-0.1, -0.05) is 0 Å². The van der Waals surface area contributed by atoms with Crippen molar-refractivity contribution in [1.29, 1.82) is 0 Å². The molecule has 2 N–H and O–H groups in total. The maximum absolute atomic E-state index is 10.8. The van der Waals surface area contributed by atoms with Crippen LogP contribution in [-0.2, 0) is 4.79 Å². The monoisotopic (exact) mass is 157 g/mol. The molecule has 0 radical (unpaired) electrons. The molecule has 64 valence electrons. The first-order chi connectivity index (χ1) is 5.05. The smallest absolute Gasteiger partial charge is 0.310 e. The third kappa shape index (κ3) is 1.53. The highest BCUT2D eigenvalue weighted by Gasteiger charge is 2.37. The Bertz CT molecular complexity index is 159. The molecule has 0 aromatic rings. The van der Waals surface area contributed by atoms with Crippen molar-refractivity contribution in [2.75, 3.05) is 6.54 Å². The molecule has 1 aliphatic rings. The van der Waals surface area contributed by atoms with Crippen LogP contribution >= 0.6 is 0 Å². The van der Waals surface area contributed by atoms with E-state index in [0.717, 1.165) is 19.4 Å². The summed E-state index contributed by atoms with van der Waals surface area (Å²) in [6.45, 7) is 4.51. The lowest BCUT2D eigenvalue weighted by molar-refractivity contribution is -0.148. The van der Waals surface area contributed by atoms with Crippen molar-refractivity contribution >= 4 is 5.97 Å². The third-order valence-corrected chi connectivity index (χ3v) is 2.48. The Balaban J connectivity index is 2.62. The zero-order valence-corrected chi connectivity index (χ0v) is 7.05. The number of nitrogens with one attached hydrogen (secondary N) is 1. The molecule has 1 heterocycles. The predicted octanol–water partition coefficient (Wildman–Crippen LogP) is 0.849. The first-order valence-corrected chi connectivity index (χ1v) is 4.02. The molecular weight excluding hydrogens is 142 g/mol. The second kappa shape index (κ2) is 2.81. The summed E-state index contributed by atoms with van der Waals surface area (Å²) in [7, 11) is 0. The third-order valence-electron chi connectivity index (χ3n) is 2.48. The van der Waals surface area contributed by atoms with Gasteiger partial charge in [0.05, 0.1) is 5.41 Å². The molecule has 1 saturated heterocycles. The van der Waals surface area contributed by atoms with Crippen LogP contribution in [0.1, 0.15) is 26.7 Å². The van der Waals surface area contributed by atoms with E-state index in [2.05, 4.69) is 5.32 Å². The van der Waals surface area contributed by atoms with Crippen LogP contribution in [0.25, 0.3) is 0 Å². The van der Waals surface area contributed by atoms with Crippen LogP contribution in [0, 0.1) is 5.41 Å². The van der Waals surface area contributed by atoms with E-state index in [-0.39, 0.29) is 6.04 Å². The molecule has 0 aromatic carbocycles. The van der Waals surface area contributed by atoms with E-state index in [0.29, 0.717) is 0 Å². The van der Waals surface area contributed by atoms with Gasteiger partial charge in [0, 0.05) is 6.04 Å². The van der Waals surface area contributed by atoms with Gasteiger partial charge < -0.3 is 10.4 Å². The second-order valence-corrected chi connectivity index (χ2v) is 3.68. The maximum Gasteiger partial charge on any atom is 0.310 e. The SMILES string of the molecule is CC(C)(C(=O)O)C1CCCN1. The average molecular weight is 157 g/mol. The van der Waals surface area contributed by atoms with Gasteiger partial charge in [0.2, 0.25) is 0 Å². The molecule has 11 heavy (non-hydrogen) atoms. The quantitative estimate of drug-likeness (QED) is 0.624. The summed E-state index contributed by atoms with van der Waals surface area (Å²) in [6, 6.07) is 0.153. The number of rotatable bonds is 2. The molecule has 0 bridgehead atoms. The van der Waals surface area contributed by atoms with Gasteiger partial charge >= 0.3 is 5.97 Å². The van der Waals surface area contributed by atoms with Crippen LogP contribution in [0.5, 0.6) is 0 Å². The Morgan fingerprint density at radius 2 is 2.27 bits per heavy atom. The molecule has 0 amide bonds. The molecule has 0 aromatic heterocycles. The topological polar surface area (TPSA) is 49.3 Å². The Morgan fingerprint density at radius 1 is 1.64 bits per heavy atom. The molecule has 0 aliphatic carbocycles. The summed E-state index contributed by atoms with van der Waals surface area (Å²) < 4.78 is 0. The summed E-state index contributed by atoms with van der Waals surface area (Å²) in [5, 5.41) is 12.1. The Kier molecular flexibility index (Phi) is 2.18. The van der Waals surface area contributed by atoms with Crippen LogP contribution in [0.15, 0.2) is 0 Å². The molecule has 0 saturated carbocycles. The minimum absolute atomic E-state index is 0.153. The lowest BCUT2D eigenvalue weighted by Gasteiger charge is -2.26. The minimum Gasteiger partial charge on any atom is -0.481 e. The molecule has 1 unspecified atom stereocenters. The molecular formula is C8H15NO2. The number of carboxylic acids is 1. The number of carbonyl (C=O) groups is 1. The fraction of sp³-hybridized carbons (Fsp3) is 0.875. The van der Waals surface area contributed by atoms with Gasteiger partial charge in [0.1, 0.15) is 0 Å². The van der Waals surface area contributed by atoms with Gasteiger partial charge in [-0.3, -0.25) is 4.79 Å². The van der Waals surface area contributed by atoms with Crippen LogP contribution < -0.4 is 5.32 Å². The first-order valence-electron chi connectivity index (χ1n) is 4.02. The van der Waals surface area contributed by atoms with Crippen molar-refractivity contribution in [3.05, 3.63) is 0 Å². The van der Waals surface area contributed by atoms with Crippen molar-refractivity contribution in [3.63, 3.8) is 0 Å². The van der Waals surface area contributed by atoms with E-state index in [1.807, 2.05) is 0 Å². The lowest BCUT2D eigenvalue weighted by Crippen LogP contribution is -2.42. The zero-order chi connectivity index (χ0) is 8.48. The lowest BCUT2D eigenvalue weighted by atomic mass is 9.84. The second-order valence-electron chi connectivity index (χ2n) is 3.68. The average Bonchev–Trinajstić information content (AvgIpc) is 2.37. The normalized spacial score (nSPS) is 25.5. The largest absolute Gasteiger partial charge is 0.481 e. The number of hydrogen-bond donors (Lipinski definition) is 2. The minimum atomic E-state index is -0.711. The van der Waals surface area contributed by atoms with Crippen molar-refractivity contribution in [2.45, 2.75) is 32.7 Å². The number of carboxylic acid groups (broad SMARTS) is 1. The highest BCUT2D eigenvalue weighted by Crippen LogP contribution is 2.26. The van der Waals surface area contributed by atoms with Crippen LogP contribution in [0.3, 0.4) is 0 Å². The number of aliphatic carboxylic acids is 1. The fourth-order valence-electron chi connectivity index (χ4n) is 1.45. The van der Waals surface area contributed by atoms with E-state index in [4.69, 9.17) is 5.11 Å². The zero-order valence-electron chi connectivity index (χ0n) is 7.05. The van der Waals surface area contributed by atoms with Crippen molar-refractivity contribution in [2.24, 2.45) is 5.41 Å². The summed E-state index contributed by atoms with van der Waals surface area (Å²) in [5.74, 6) is -0.711. The van der Waals surface area contributed by atoms with Crippen molar-refractivity contribution in [3.8, 4) is 0 Å². The van der Waals surface area contributed by atoms with E-state index in [1.54, 1.807) is 13.8 Å². The molecule has 1 fully saturated rings. The van der Waals surface area contributed by atoms with E-state index < -0.39 is 11.4 Å². The molecule has 3 heteroatoms. The van der Waals surface area contributed by atoms with Crippen LogP contribution in [-0.4, -0.2) is 23.7 Å². The summed E-state index contributed by atoms with van der Waals surface area (Å²) in [6.07, 6.45) is 2.08. The highest BCUT2D eigenvalue weighted by atomic mass is 16.4. The molecule has 1 aliphatic heterocycles. The molecule has 3 nitrogen and oxygen atoms in total. The van der Waals surface area contributed by atoms with Gasteiger partial charge in [0.15, 0.2) is 0 Å². The van der Waals surface area contributed by atoms with E-state index in [1.165, 1.54) is 0 Å². The standard InChI is InChI=1S/C8H15NO2/c1-8(2,7(10)11)6-4-3-5-9-6/h6,9H,3-5H2,1-2H3,(H,10,11). The van der Waals surface area contributed by atoms with Crippen LogP contribution in [0.4, 0.5) is 0 Å². The Hall–Kier alpha value is -0.570. The Labute approximate surface area is 66.8 Å². The van der Waals surface area contributed by atoms with Gasteiger partial charge in [-0.15, -0.1) is 0 Å². The summed E-state index contributed by atoms with van der Waals surface area (Å²) >= 11 is 0. The summed E-state index contributed by atoms with van der Waals surface area (Å²) in [5.41, 5.74) is -0.615. The van der Waals surface area contributed by atoms with Crippen molar-refractivity contribution < 1.29 is 9.90 Å². The fourth-order valence-corrected chi connectivity index (χ4v) is 1.45. The van der Waals surface area contributed by atoms with Crippen LogP contribution in [0.2, 0.25) is 0 Å².